The first-order valence-electron chi connectivity index (χ1n) is 6.91. The van der Waals surface area contributed by atoms with Gasteiger partial charge in [0.15, 0.2) is 0 Å². The van der Waals surface area contributed by atoms with Crippen LogP contribution in [0.5, 0.6) is 0 Å². The maximum atomic E-state index is 12.8. The van der Waals surface area contributed by atoms with Crippen LogP contribution in [0.25, 0.3) is 0 Å². The van der Waals surface area contributed by atoms with Gasteiger partial charge in [0.25, 0.3) is 0 Å². The van der Waals surface area contributed by atoms with Gasteiger partial charge in [0.2, 0.25) is 0 Å². The van der Waals surface area contributed by atoms with Crippen LogP contribution in [0, 0.1) is 12.7 Å². The number of rotatable bonds is 4. The van der Waals surface area contributed by atoms with E-state index >= 15 is 0 Å². The molecule has 2 amide bonds. The van der Waals surface area contributed by atoms with Crippen LogP contribution in [0.3, 0.4) is 0 Å². The molecule has 0 fully saturated rings. The van der Waals surface area contributed by atoms with Crippen molar-refractivity contribution in [1.29, 1.82) is 0 Å². The highest BCUT2D eigenvalue weighted by Crippen LogP contribution is 2.06. The molecule has 0 atom stereocenters. The Morgan fingerprint density at radius 2 is 1.50 bits per heavy atom. The third-order valence-electron chi connectivity index (χ3n) is 3.27. The molecule has 4 nitrogen and oxygen atoms in total. The lowest BCUT2D eigenvalue weighted by Gasteiger charge is -2.08. The molecule has 0 radical (unpaired) electrons. The Hall–Kier alpha value is -2.69. The molecule has 0 aromatic heterocycles. The number of amides is 2. The lowest BCUT2D eigenvalue weighted by molar-refractivity contribution is -0.139. The van der Waals surface area contributed by atoms with Crippen molar-refractivity contribution in [3.8, 4) is 0 Å². The summed E-state index contributed by atoms with van der Waals surface area (Å²) in [5, 5.41) is 5.07. The first kappa shape index (κ1) is 15.7. The molecule has 0 heterocycles. The third-order valence-corrected chi connectivity index (χ3v) is 3.27. The number of aryl methyl sites for hydroxylation is 1. The summed E-state index contributed by atoms with van der Waals surface area (Å²) in [5.41, 5.74) is 2.73. The van der Waals surface area contributed by atoms with Crippen molar-refractivity contribution in [2.45, 2.75) is 20.0 Å². The molecule has 2 aromatic rings. The number of carbonyl (C=O) groups is 2. The van der Waals surface area contributed by atoms with Crippen LogP contribution >= 0.6 is 0 Å². The van der Waals surface area contributed by atoms with Gasteiger partial charge in [-0.05, 0) is 35.7 Å². The van der Waals surface area contributed by atoms with Crippen LogP contribution in [-0.4, -0.2) is 11.8 Å². The summed E-state index contributed by atoms with van der Waals surface area (Å²) in [4.78, 5) is 23.4. The van der Waals surface area contributed by atoms with E-state index < -0.39 is 11.8 Å². The summed E-state index contributed by atoms with van der Waals surface area (Å²) in [5.74, 6) is -1.74. The van der Waals surface area contributed by atoms with Crippen molar-refractivity contribution in [3.05, 3.63) is 71.0 Å². The van der Waals surface area contributed by atoms with E-state index in [-0.39, 0.29) is 12.4 Å². The Kier molecular flexibility index (Phi) is 5.25. The quantitative estimate of drug-likeness (QED) is 0.849. The van der Waals surface area contributed by atoms with Crippen LogP contribution in [-0.2, 0) is 22.7 Å². The maximum Gasteiger partial charge on any atom is 0.309 e. The normalized spacial score (nSPS) is 10.1. The highest BCUT2D eigenvalue weighted by molar-refractivity contribution is 6.35. The van der Waals surface area contributed by atoms with E-state index in [1.54, 1.807) is 12.1 Å². The number of nitrogens with one attached hydrogen (secondary N) is 2. The molecule has 2 aromatic carbocycles. The molecule has 0 saturated heterocycles. The van der Waals surface area contributed by atoms with E-state index in [1.165, 1.54) is 12.1 Å². The number of halogens is 1. The molecule has 0 aliphatic heterocycles. The zero-order valence-corrected chi connectivity index (χ0v) is 12.2. The molecule has 0 saturated carbocycles. The minimum absolute atomic E-state index is 0.177. The van der Waals surface area contributed by atoms with E-state index in [1.807, 2.05) is 31.2 Å². The summed E-state index contributed by atoms with van der Waals surface area (Å²) in [7, 11) is 0. The molecule has 5 heteroatoms. The first-order chi connectivity index (χ1) is 10.6. The summed E-state index contributed by atoms with van der Waals surface area (Å²) in [6.45, 7) is 2.42. The summed E-state index contributed by atoms with van der Waals surface area (Å²) >= 11 is 0. The minimum atomic E-state index is -0.710. The van der Waals surface area contributed by atoms with Gasteiger partial charge in [-0.25, -0.2) is 4.39 Å². The van der Waals surface area contributed by atoms with Crippen molar-refractivity contribution >= 4 is 11.8 Å². The Morgan fingerprint density at radius 1 is 0.909 bits per heavy atom. The Balaban J connectivity index is 1.81. The topological polar surface area (TPSA) is 58.2 Å². The van der Waals surface area contributed by atoms with E-state index in [0.717, 1.165) is 16.7 Å². The van der Waals surface area contributed by atoms with Crippen LogP contribution in [0.15, 0.2) is 48.5 Å². The second-order valence-corrected chi connectivity index (χ2v) is 4.92. The van der Waals surface area contributed by atoms with Crippen LogP contribution < -0.4 is 10.6 Å². The van der Waals surface area contributed by atoms with Crippen molar-refractivity contribution < 1.29 is 14.0 Å². The number of carbonyl (C=O) groups excluding carboxylic acids is 2. The largest absolute Gasteiger partial charge is 0.344 e. The van der Waals surface area contributed by atoms with Gasteiger partial charge in [-0.15, -0.1) is 0 Å². The summed E-state index contributed by atoms with van der Waals surface area (Å²) in [6, 6.07) is 13.3. The second kappa shape index (κ2) is 7.36. The number of hydrogen-bond donors (Lipinski definition) is 2. The third kappa shape index (κ3) is 4.41. The monoisotopic (exact) mass is 300 g/mol. The maximum absolute atomic E-state index is 12.8. The molecule has 114 valence electrons. The SMILES string of the molecule is Cc1ccccc1CNC(=O)C(=O)NCc1ccc(F)cc1. The smallest absolute Gasteiger partial charge is 0.309 e. The van der Waals surface area contributed by atoms with E-state index in [4.69, 9.17) is 0 Å². The van der Waals surface area contributed by atoms with E-state index in [9.17, 15) is 14.0 Å². The summed E-state index contributed by atoms with van der Waals surface area (Å²) < 4.78 is 12.8. The molecule has 2 rings (SSSR count). The average Bonchev–Trinajstić information content (AvgIpc) is 2.53. The van der Waals surface area contributed by atoms with Crippen molar-refractivity contribution in [3.63, 3.8) is 0 Å². The van der Waals surface area contributed by atoms with E-state index in [2.05, 4.69) is 10.6 Å². The van der Waals surface area contributed by atoms with Gasteiger partial charge in [0, 0.05) is 13.1 Å². The molecule has 0 bridgehead atoms. The fraction of sp³-hybridized carbons (Fsp3) is 0.176. The molecule has 22 heavy (non-hydrogen) atoms. The van der Waals surface area contributed by atoms with Crippen molar-refractivity contribution in [1.82, 2.24) is 10.6 Å². The molecular formula is C17H17FN2O2. The van der Waals surface area contributed by atoms with Gasteiger partial charge in [0.1, 0.15) is 5.82 Å². The lowest BCUT2D eigenvalue weighted by Crippen LogP contribution is -2.39. The van der Waals surface area contributed by atoms with Gasteiger partial charge in [-0.2, -0.15) is 0 Å². The van der Waals surface area contributed by atoms with Gasteiger partial charge < -0.3 is 10.6 Å². The molecule has 0 aliphatic carbocycles. The van der Waals surface area contributed by atoms with Crippen LogP contribution in [0.2, 0.25) is 0 Å². The number of hydrogen-bond acceptors (Lipinski definition) is 2. The van der Waals surface area contributed by atoms with E-state index in [0.29, 0.717) is 6.54 Å². The minimum Gasteiger partial charge on any atom is -0.344 e. The van der Waals surface area contributed by atoms with Crippen LogP contribution in [0.4, 0.5) is 4.39 Å². The van der Waals surface area contributed by atoms with Gasteiger partial charge in [-0.1, -0.05) is 36.4 Å². The molecular weight excluding hydrogens is 283 g/mol. The van der Waals surface area contributed by atoms with Gasteiger partial charge in [-0.3, -0.25) is 9.59 Å². The predicted molar refractivity (Wildman–Crippen MR) is 81.3 cm³/mol. The van der Waals surface area contributed by atoms with Crippen molar-refractivity contribution in [2.75, 3.05) is 0 Å². The zero-order chi connectivity index (χ0) is 15.9. The standard InChI is InChI=1S/C17H17FN2O2/c1-12-4-2-3-5-14(12)11-20-17(22)16(21)19-10-13-6-8-15(18)9-7-13/h2-9H,10-11H2,1H3,(H,19,21)(H,20,22). The molecule has 2 N–H and O–H groups in total. The van der Waals surface area contributed by atoms with Gasteiger partial charge in [0.05, 0.1) is 0 Å². The Bertz CT molecular complexity index is 669. The van der Waals surface area contributed by atoms with Gasteiger partial charge >= 0.3 is 11.8 Å². The summed E-state index contributed by atoms with van der Waals surface area (Å²) in [6.07, 6.45) is 0. The Labute approximate surface area is 128 Å². The molecule has 0 unspecified atom stereocenters. The number of benzene rings is 2. The lowest BCUT2D eigenvalue weighted by atomic mass is 10.1. The molecule has 0 spiro atoms. The zero-order valence-electron chi connectivity index (χ0n) is 12.2. The Morgan fingerprint density at radius 3 is 2.14 bits per heavy atom. The molecule has 0 aliphatic rings. The van der Waals surface area contributed by atoms with Crippen LogP contribution in [0.1, 0.15) is 16.7 Å². The van der Waals surface area contributed by atoms with Crippen molar-refractivity contribution in [2.24, 2.45) is 0 Å². The highest BCUT2D eigenvalue weighted by Gasteiger charge is 2.12. The predicted octanol–water partition coefficient (Wildman–Crippen LogP) is 2.07. The fourth-order valence-electron chi connectivity index (χ4n) is 1.93. The second-order valence-electron chi connectivity index (χ2n) is 4.92. The highest BCUT2D eigenvalue weighted by atomic mass is 19.1. The fourth-order valence-corrected chi connectivity index (χ4v) is 1.93. The first-order valence-corrected chi connectivity index (χ1v) is 6.91. The average molecular weight is 300 g/mol.